The molecule has 0 N–H and O–H groups in total. The standard InChI is InChI=1S/C15H14ClNO4S/c1-21-15(18)11-17(13-7-5-6-12(16)10-13)22(19,20)14-8-3-2-4-9-14/h2-10H,11H2,1H3. The molecule has 22 heavy (non-hydrogen) atoms. The summed E-state index contributed by atoms with van der Waals surface area (Å²) in [6.07, 6.45) is 0. The summed E-state index contributed by atoms with van der Waals surface area (Å²) in [5.41, 5.74) is 0.293. The zero-order chi connectivity index (χ0) is 16.2. The van der Waals surface area contributed by atoms with E-state index < -0.39 is 22.5 Å². The van der Waals surface area contributed by atoms with Crippen LogP contribution in [0.2, 0.25) is 5.02 Å². The lowest BCUT2D eigenvalue weighted by Crippen LogP contribution is -2.36. The minimum atomic E-state index is -3.90. The zero-order valence-corrected chi connectivity index (χ0v) is 13.3. The molecule has 0 heterocycles. The summed E-state index contributed by atoms with van der Waals surface area (Å²) in [4.78, 5) is 11.7. The number of sulfonamides is 1. The van der Waals surface area contributed by atoms with Gasteiger partial charge >= 0.3 is 5.97 Å². The van der Waals surface area contributed by atoms with Crippen LogP contribution in [0.25, 0.3) is 0 Å². The number of hydrogen-bond donors (Lipinski definition) is 0. The average Bonchev–Trinajstić information content (AvgIpc) is 2.53. The molecule has 0 fully saturated rings. The molecule has 0 radical (unpaired) electrons. The van der Waals surface area contributed by atoms with E-state index in [9.17, 15) is 13.2 Å². The van der Waals surface area contributed by atoms with Gasteiger partial charge in [0, 0.05) is 5.02 Å². The van der Waals surface area contributed by atoms with Crippen LogP contribution >= 0.6 is 11.6 Å². The fourth-order valence-electron chi connectivity index (χ4n) is 1.85. The van der Waals surface area contributed by atoms with Crippen LogP contribution < -0.4 is 4.31 Å². The smallest absolute Gasteiger partial charge is 0.326 e. The maximum Gasteiger partial charge on any atom is 0.326 e. The number of benzene rings is 2. The molecule has 0 bridgehead atoms. The summed E-state index contributed by atoms with van der Waals surface area (Å²) in [6, 6.07) is 14.1. The molecule has 0 aliphatic rings. The number of anilines is 1. The molecule has 0 unspecified atom stereocenters. The van der Waals surface area contributed by atoms with E-state index in [2.05, 4.69) is 4.74 Å². The normalized spacial score (nSPS) is 11.0. The number of carbonyl (C=O) groups is 1. The maximum absolute atomic E-state index is 12.8. The Hall–Kier alpha value is -2.05. The molecule has 0 aliphatic carbocycles. The van der Waals surface area contributed by atoms with Crippen LogP contribution in [0, 0.1) is 0 Å². The van der Waals surface area contributed by atoms with Crippen molar-refractivity contribution >= 4 is 33.3 Å². The molecule has 0 saturated heterocycles. The third-order valence-corrected chi connectivity index (χ3v) is 4.95. The first-order valence-electron chi connectivity index (χ1n) is 6.35. The topological polar surface area (TPSA) is 63.7 Å². The lowest BCUT2D eigenvalue weighted by atomic mass is 10.3. The summed E-state index contributed by atoms with van der Waals surface area (Å²) in [6.45, 7) is -0.436. The lowest BCUT2D eigenvalue weighted by molar-refractivity contribution is -0.138. The van der Waals surface area contributed by atoms with Gasteiger partial charge in [-0.05, 0) is 30.3 Å². The number of ether oxygens (including phenoxy) is 1. The Balaban J connectivity index is 2.51. The Morgan fingerprint density at radius 2 is 1.82 bits per heavy atom. The Morgan fingerprint density at radius 1 is 1.14 bits per heavy atom. The minimum Gasteiger partial charge on any atom is -0.468 e. The van der Waals surface area contributed by atoms with Crippen LogP contribution in [0.3, 0.4) is 0 Å². The number of nitrogens with zero attached hydrogens (tertiary/aromatic N) is 1. The Bertz CT molecular complexity index is 762. The first-order valence-corrected chi connectivity index (χ1v) is 8.17. The van der Waals surface area contributed by atoms with Crippen LogP contribution in [-0.4, -0.2) is 28.0 Å². The van der Waals surface area contributed by atoms with Gasteiger partial charge in [0.1, 0.15) is 6.54 Å². The summed E-state index contributed by atoms with van der Waals surface area (Å²) in [5.74, 6) is -0.667. The van der Waals surface area contributed by atoms with Crippen molar-refractivity contribution in [1.29, 1.82) is 0 Å². The second-order valence-electron chi connectivity index (χ2n) is 4.38. The highest BCUT2D eigenvalue weighted by molar-refractivity contribution is 7.92. The highest BCUT2D eigenvalue weighted by atomic mass is 35.5. The molecule has 2 rings (SSSR count). The highest BCUT2D eigenvalue weighted by Gasteiger charge is 2.27. The van der Waals surface area contributed by atoms with Gasteiger partial charge in [0.15, 0.2) is 0 Å². The third-order valence-electron chi connectivity index (χ3n) is 2.93. The Kier molecular flexibility index (Phi) is 5.05. The van der Waals surface area contributed by atoms with Crippen LogP contribution in [-0.2, 0) is 19.6 Å². The van der Waals surface area contributed by atoms with Crippen molar-refractivity contribution in [3.05, 3.63) is 59.6 Å². The molecule has 0 spiro atoms. The quantitative estimate of drug-likeness (QED) is 0.786. The molecule has 5 nitrogen and oxygen atoms in total. The van der Waals surface area contributed by atoms with Crippen molar-refractivity contribution in [2.24, 2.45) is 0 Å². The van der Waals surface area contributed by atoms with Crippen LogP contribution in [0.5, 0.6) is 0 Å². The van der Waals surface area contributed by atoms with Gasteiger partial charge in [-0.2, -0.15) is 0 Å². The molecule has 0 atom stereocenters. The molecule has 116 valence electrons. The molecular weight excluding hydrogens is 326 g/mol. The molecule has 2 aromatic rings. The van der Waals surface area contributed by atoms with Crippen molar-refractivity contribution in [3.8, 4) is 0 Å². The van der Waals surface area contributed by atoms with Crippen molar-refractivity contribution in [1.82, 2.24) is 0 Å². The average molecular weight is 340 g/mol. The predicted octanol–water partition coefficient (Wildman–Crippen LogP) is 2.71. The van der Waals surface area contributed by atoms with Gasteiger partial charge in [0.05, 0.1) is 17.7 Å². The van der Waals surface area contributed by atoms with E-state index in [1.807, 2.05) is 0 Å². The first kappa shape index (κ1) is 16.3. The predicted molar refractivity (Wildman–Crippen MR) is 84.4 cm³/mol. The molecule has 0 amide bonds. The molecule has 0 aromatic heterocycles. The van der Waals surface area contributed by atoms with E-state index in [4.69, 9.17) is 11.6 Å². The lowest BCUT2D eigenvalue weighted by Gasteiger charge is -2.23. The summed E-state index contributed by atoms with van der Waals surface area (Å²) in [7, 11) is -2.70. The Labute approximate surface area is 134 Å². The van der Waals surface area contributed by atoms with E-state index in [0.717, 1.165) is 4.31 Å². The van der Waals surface area contributed by atoms with Gasteiger partial charge in [-0.1, -0.05) is 35.9 Å². The zero-order valence-electron chi connectivity index (χ0n) is 11.8. The van der Waals surface area contributed by atoms with Gasteiger partial charge in [0.2, 0.25) is 0 Å². The Morgan fingerprint density at radius 3 is 2.41 bits per heavy atom. The van der Waals surface area contributed by atoms with Crippen molar-refractivity contribution in [2.75, 3.05) is 18.0 Å². The molecule has 0 saturated carbocycles. The van der Waals surface area contributed by atoms with E-state index >= 15 is 0 Å². The number of esters is 1. The fraction of sp³-hybridized carbons (Fsp3) is 0.133. The van der Waals surface area contributed by atoms with Crippen molar-refractivity contribution in [2.45, 2.75) is 4.90 Å². The monoisotopic (exact) mass is 339 g/mol. The van der Waals surface area contributed by atoms with Gasteiger partial charge in [-0.15, -0.1) is 0 Å². The molecule has 0 aliphatic heterocycles. The fourth-order valence-corrected chi connectivity index (χ4v) is 3.45. The van der Waals surface area contributed by atoms with E-state index in [1.54, 1.807) is 36.4 Å². The highest BCUT2D eigenvalue weighted by Crippen LogP contribution is 2.25. The maximum atomic E-state index is 12.8. The van der Waals surface area contributed by atoms with Crippen LogP contribution in [0.4, 0.5) is 5.69 Å². The number of hydrogen-bond acceptors (Lipinski definition) is 4. The number of rotatable bonds is 5. The summed E-state index contributed by atoms with van der Waals surface area (Å²) in [5, 5.41) is 0.371. The van der Waals surface area contributed by atoms with Gasteiger partial charge in [-0.25, -0.2) is 8.42 Å². The minimum absolute atomic E-state index is 0.0823. The largest absolute Gasteiger partial charge is 0.468 e. The first-order chi connectivity index (χ1) is 10.4. The number of methoxy groups -OCH3 is 1. The third kappa shape index (κ3) is 3.58. The van der Waals surface area contributed by atoms with Crippen LogP contribution in [0.15, 0.2) is 59.5 Å². The van der Waals surface area contributed by atoms with Crippen molar-refractivity contribution < 1.29 is 17.9 Å². The summed E-state index contributed by atoms with van der Waals surface area (Å²) < 4.78 is 31.1. The van der Waals surface area contributed by atoms with Gasteiger partial charge in [-0.3, -0.25) is 9.10 Å². The van der Waals surface area contributed by atoms with E-state index in [0.29, 0.717) is 10.7 Å². The molecule has 7 heteroatoms. The molecule has 2 aromatic carbocycles. The molecular formula is C15H14ClNO4S. The van der Waals surface area contributed by atoms with Crippen LogP contribution in [0.1, 0.15) is 0 Å². The van der Waals surface area contributed by atoms with Gasteiger partial charge < -0.3 is 4.74 Å². The SMILES string of the molecule is COC(=O)CN(c1cccc(Cl)c1)S(=O)(=O)c1ccccc1. The van der Waals surface area contributed by atoms with E-state index in [1.165, 1.54) is 25.3 Å². The number of carbonyl (C=O) groups excluding carboxylic acids is 1. The van der Waals surface area contributed by atoms with Gasteiger partial charge in [0.25, 0.3) is 10.0 Å². The second-order valence-corrected chi connectivity index (χ2v) is 6.68. The van der Waals surface area contributed by atoms with Crippen molar-refractivity contribution in [3.63, 3.8) is 0 Å². The van der Waals surface area contributed by atoms with E-state index in [-0.39, 0.29) is 4.90 Å². The number of halogens is 1. The summed E-state index contributed by atoms with van der Waals surface area (Å²) >= 11 is 5.92. The second kappa shape index (κ2) is 6.81.